The third-order valence-electron chi connectivity index (χ3n) is 2.97. The standard InChI is InChI=1S/C14H10BrClFNO4S/c1-7-2-3-8(4-10(7)15)18-23(21,22)13-5-9(14(19)20)12(17)6-11(13)16/h2-6,18H,1H3,(H,19,20). The molecule has 23 heavy (non-hydrogen) atoms. The molecule has 2 aromatic carbocycles. The van der Waals surface area contributed by atoms with Crippen LogP contribution in [-0.4, -0.2) is 19.5 Å². The number of benzene rings is 2. The van der Waals surface area contributed by atoms with E-state index in [2.05, 4.69) is 20.7 Å². The normalized spacial score (nSPS) is 11.3. The van der Waals surface area contributed by atoms with Crippen molar-refractivity contribution in [3.8, 4) is 0 Å². The van der Waals surface area contributed by atoms with Gasteiger partial charge in [-0.3, -0.25) is 4.72 Å². The zero-order valence-electron chi connectivity index (χ0n) is 11.6. The molecule has 0 aliphatic rings. The number of aryl methyl sites for hydroxylation is 1. The number of sulfonamides is 1. The molecular weight excluding hydrogens is 413 g/mol. The van der Waals surface area contributed by atoms with E-state index in [0.717, 1.165) is 5.56 Å². The fourth-order valence-electron chi connectivity index (χ4n) is 1.77. The van der Waals surface area contributed by atoms with Crippen LogP contribution >= 0.6 is 27.5 Å². The SMILES string of the molecule is Cc1ccc(NS(=O)(=O)c2cc(C(=O)O)c(F)cc2Cl)cc1Br. The van der Waals surface area contributed by atoms with Crippen LogP contribution in [0.5, 0.6) is 0 Å². The van der Waals surface area contributed by atoms with Crippen LogP contribution in [0.3, 0.4) is 0 Å². The summed E-state index contributed by atoms with van der Waals surface area (Å²) < 4.78 is 41.2. The highest BCUT2D eigenvalue weighted by Crippen LogP contribution is 2.28. The molecule has 0 spiro atoms. The molecule has 0 aromatic heterocycles. The fourth-order valence-corrected chi connectivity index (χ4v) is 3.74. The number of halogens is 3. The van der Waals surface area contributed by atoms with E-state index in [-0.39, 0.29) is 5.69 Å². The van der Waals surface area contributed by atoms with Crippen LogP contribution in [0.1, 0.15) is 15.9 Å². The highest BCUT2D eigenvalue weighted by Gasteiger charge is 2.23. The summed E-state index contributed by atoms with van der Waals surface area (Å²) >= 11 is 9.03. The number of rotatable bonds is 4. The first-order chi connectivity index (χ1) is 10.6. The van der Waals surface area contributed by atoms with Crippen LogP contribution in [0.25, 0.3) is 0 Å². The first kappa shape index (κ1) is 17.7. The van der Waals surface area contributed by atoms with Crippen molar-refractivity contribution in [3.05, 3.63) is 56.8 Å². The zero-order chi connectivity index (χ0) is 17.4. The molecule has 0 atom stereocenters. The van der Waals surface area contributed by atoms with Crippen LogP contribution in [0.4, 0.5) is 10.1 Å². The second kappa shape index (κ2) is 6.46. The minimum absolute atomic E-state index is 0.250. The molecule has 0 amide bonds. The highest BCUT2D eigenvalue weighted by atomic mass is 79.9. The van der Waals surface area contributed by atoms with Crippen LogP contribution in [0.2, 0.25) is 5.02 Å². The van der Waals surface area contributed by atoms with Crippen molar-refractivity contribution < 1.29 is 22.7 Å². The summed E-state index contributed by atoms with van der Waals surface area (Å²) in [5, 5.41) is 8.49. The Morgan fingerprint density at radius 1 is 1.30 bits per heavy atom. The third-order valence-corrected chi connectivity index (χ3v) is 5.67. The summed E-state index contributed by atoms with van der Waals surface area (Å²) in [6.45, 7) is 1.83. The van der Waals surface area contributed by atoms with Crippen molar-refractivity contribution in [2.75, 3.05) is 4.72 Å². The second-order valence-corrected chi connectivity index (χ2v) is 7.55. The lowest BCUT2D eigenvalue weighted by molar-refractivity contribution is 0.0691. The minimum atomic E-state index is -4.18. The number of nitrogens with one attached hydrogen (secondary N) is 1. The second-order valence-electron chi connectivity index (χ2n) is 4.64. The van der Waals surface area contributed by atoms with E-state index in [1.807, 2.05) is 6.92 Å². The fraction of sp³-hybridized carbons (Fsp3) is 0.0714. The summed E-state index contributed by atoms with van der Waals surface area (Å²) in [5.41, 5.74) is 0.375. The largest absolute Gasteiger partial charge is 0.478 e. The Bertz CT molecular complexity index is 902. The summed E-state index contributed by atoms with van der Waals surface area (Å²) in [5.74, 6) is -2.70. The zero-order valence-corrected chi connectivity index (χ0v) is 14.8. The smallest absolute Gasteiger partial charge is 0.338 e. The monoisotopic (exact) mass is 421 g/mol. The quantitative estimate of drug-likeness (QED) is 0.778. The first-order valence-corrected chi connectivity index (χ1v) is 8.78. The lowest BCUT2D eigenvalue weighted by Gasteiger charge is -2.11. The van der Waals surface area contributed by atoms with E-state index < -0.39 is 37.3 Å². The molecule has 5 nitrogen and oxygen atoms in total. The van der Waals surface area contributed by atoms with Crippen molar-refractivity contribution in [2.45, 2.75) is 11.8 Å². The number of carbonyl (C=O) groups is 1. The maximum atomic E-state index is 13.5. The lowest BCUT2D eigenvalue weighted by Crippen LogP contribution is -2.15. The molecule has 0 saturated carbocycles. The van der Waals surface area contributed by atoms with E-state index in [1.165, 1.54) is 6.07 Å². The van der Waals surface area contributed by atoms with Gasteiger partial charge in [-0.25, -0.2) is 17.6 Å². The number of anilines is 1. The third kappa shape index (κ3) is 3.82. The van der Waals surface area contributed by atoms with Crippen LogP contribution in [-0.2, 0) is 10.0 Å². The maximum Gasteiger partial charge on any atom is 0.338 e. The van der Waals surface area contributed by atoms with E-state index in [0.29, 0.717) is 16.6 Å². The van der Waals surface area contributed by atoms with Gasteiger partial charge in [0, 0.05) is 10.2 Å². The molecule has 0 aliphatic carbocycles. The van der Waals surface area contributed by atoms with E-state index in [4.69, 9.17) is 16.7 Å². The topological polar surface area (TPSA) is 83.5 Å². The molecule has 2 aromatic rings. The van der Waals surface area contributed by atoms with Crippen molar-refractivity contribution in [1.82, 2.24) is 0 Å². The molecule has 0 radical (unpaired) electrons. The number of hydrogen-bond acceptors (Lipinski definition) is 3. The van der Waals surface area contributed by atoms with Crippen molar-refractivity contribution in [3.63, 3.8) is 0 Å². The van der Waals surface area contributed by atoms with E-state index in [1.54, 1.807) is 12.1 Å². The Balaban J connectivity index is 2.49. The Morgan fingerprint density at radius 3 is 2.52 bits per heavy atom. The maximum absolute atomic E-state index is 13.5. The molecule has 2 rings (SSSR count). The predicted molar refractivity (Wildman–Crippen MR) is 88.1 cm³/mol. The van der Waals surface area contributed by atoms with Crippen molar-refractivity contribution in [1.29, 1.82) is 0 Å². The summed E-state index contributed by atoms with van der Waals surface area (Å²) in [6.07, 6.45) is 0. The molecule has 9 heteroatoms. The molecule has 0 saturated heterocycles. The molecule has 0 unspecified atom stereocenters. The van der Waals surface area contributed by atoms with Crippen LogP contribution in [0.15, 0.2) is 39.7 Å². The summed E-state index contributed by atoms with van der Waals surface area (Å²) in [6, 6.07) is 6.11. The Hall–Kier alpha value is -1.64. The molecular formula is C14H10BrClFNO4S. The number of carboxylic acids is 1. The van der Waals surface area contributed by atoms with Crippen molar-refractivity contribution in [2.24, 2.45) is 0 Å². The molecule has 122 valence electrons. The van der Waals surface area contributed by atoms with Gasteiger partial charge in [0.05, 0.1) is 10.6 Å². The average molecular weight is 423 g/mol. The van der Waals surface area contributed by atoms with Crippen LogP contribution < -0.4 is 4.72 Å². The Kier molecular flexibility index (Phi) is 4.98. The van der Waals surface area contributed by atoms with Gasteiger partial charge in [0.1, 0.15) is 10.7 Å². The Labute approximate surface area is 145 Å². The number of carboxylic acid groups (broad SMARTS) is 1. The number of hydrogen-bond donors (Lipinski definition) is 2. The van der Waals surface area contributed by atoms with E-state index >= 15 is 0 Å². The van der Waals surface area contributed by atoms with Crippen molar-refractivity contribution >= 4 is 49.2 Å². The van der Waals surface area contributed by atoms with Gasteiger partial charge >= 0.3 is 5.97 Å². The highest BCUT2D eigenvalue weighted by molar-refractivity contribution is 9.10. The molecule has 0 bridgehead atoms. The van der Waals surface area contributed by atoms with Gasteiger partial charge in [0.2, 0.25) is 0 Å². The van der Waals surface area contributed by atoms with Gasteiger partial charge in [-0.2, -0.15) is 0 Å². The summed E-state index contributed by atoms with van der Waals surface area (Å²) in [4.78, 5) is 10.4. The molecule has 2 N–H and O–H groups in total. The molecule has 0 fully saturated rings. The van der Waals surface area contributed by atoms with Gasteiger partial charge in [0.15, 0.2) is 0 Å². The molecule has 0 heterocycles. The minimum Gasteiger partial charge on any atom is -0.478 e. The van der Waals surface area contributed by atoms with Gasteiger partial charge in [-0.05, 0) is 36.8 Å². The first-order valence-electron chi connectivity index (χ1n) is 6.13. The van der Waals surface area contributed by atoms with E-state index in [9.17, 15) is 17.6 Å². The van der Waals surface area contributed by atoms with Gasteiger partial charge in [-0.15, -0.1) is 0 Å². The number of aromatic carboxylic acids is 1. The van der Waals surface area contributed by atoms with Crippen LogP contribution in [0, 0.1) is 12.7 Å². The Morgan fingerprint density at radius 2 is 1.96 bits per heavy atom. The van der Waals surface area contributed by atoms with Gasteiger partial charge in [0.25, 0.3) is 10.0 Å². The average Bonchev–Trinajstić information content (AvgIpc) is 2.41. The predicted octanol–water partition coefficient (Wildman–Crippen LogP) is 4.05. The molecule has 0 aliphatic heterocycles. The van der Waals surface area contributed by atoms with Gasteiger partial charge < -0.3 is 5.11 Å². The lowest BCUT2D eigenvalue weighted by atomic mass is 10.2. The summed E-state index contributed by atoms with van der Waals surface area (Å²) in [7, 11) is -4.18. The van der Waals surface area contributed by atoms with Gasteiger partial charge in [-0.1, -0.05) is 33.6 Å².